The van der Waals surface area contributed by atoms with E-state index in [-0.39, 0.29) is 17.9 Å². The van der Waals surface area contributed by atoms with Gasteiger partial charge in [-0.2, -0.15) is 0 Å². The lowest BCUT2D eigenvalue weighted by atomic mass is 10.2. The molecule has 0 unspecified atom stereocenters. The van der Waals surface area contributed by atoms with Gasteiger partial charge in [0.25, 0.3) is 0 Å². The van der Waals surface area contributed by atoms with E-state index in [1.807, 2.05) is 32.9 Å². The maximum absolute atomic E-state index is 13.6. The van der Waals surface area contributed by atoms with Gasteiger partial charge in [-0.15, -0.1) is 16.8 Å². The second-order valence-electron chi connectivity index (χ2n) is 8.47. The van der Waals surface area contributed by atoms with Crippen molar-refractivity contribution in [2.75, 3.05) is 11.8 Å². The third-order valence-electron chi connectivity index (χ3n) is 5.32. The van der Waals surface area contributed by atoms with Crippen LogP contribution in [-0.2, 0) is 21.2 Å². The highest BCUT2D eigenvalue weighted by Gasteiger charge is 2.35. The quantitative estimate of drug-likeness (QED) is 0.310. The number of hydrogen-bond donors (Lipinski definition) is 1. The van der Waals surface area contributed by atoms with E-state index in [0.29, 0.717) is 34.6 Å². The maximum Gasteiger partial charge on any atom is 0.243 e. The molecule has 12 heteroatoms. The van der Waals surface area contributed by atoms with Crippen LogP contribution in [-0.4, -0.2) is 51.6 Å². The summed E-state index contributed by atoms with van der Waals surface area (Å²) in [6, 6.07) is 5.43. The van der Waals surface area contributed by atoms with E-state index in [1.165, 1.54) is 0 Å². The number of nitrogens with zero attached hydrogens (tertiary/aromatic N) is 5. The minimum absolute atomic E-state index is 0.0271. The average molecular weight is 580 g/mol. The van der Waals surface area contributed by atoms with Crippen molar-refractivity contribution in [3.8, 4) is 11.4 Å². The van der Waals surface area contributed by atoms with Gasteiger partial charge in [0.2, 0.25) is 16.0 Å². The van der Waals surface area contributed by atoms with Gasteiger partial charge in [-0.05, 0) is 67.7 Å². The fourth-order valence-corrected chi connectivity index (χ4v) is 5.10. The summed E-state index contributed by atoms with van der Waals surface area (Å²) < 4.78 is 43.7. The summed E-state index contributed by atoms with van der Waals surface area (Å²) >= 11 is 3.55. The number of allylic oxidation sites excluding steroid dienone is 1. The fourth-order valence-electron chi connectivity index (χ4n) is 3.50. The van der Waals surface area contributed by atoms with Gasteiger partial charge < -0.3 is 9.47 Å². The first-order valence-electron chi connectivity index (χ1n) is 11.4. The third kappa shape index (κ3) is 6.29. The van der Waals surface area contributed by atoms with Crippen LogP contribution in [0.1, 0.15) is 50.5 Å². The van der Waals surface area contributed by atoms with Crippen molar-refractivity contribution >= 4 is 31.9 Å². The lowest BCUT2D eigenvalue weighted by molar-refractivity contribution is 0.00152. The summed E-state index contributed by atoms with van der Waals surface area (Å²) in [5.74, 6) is 1.38. The number of ether oxygens (including phenoxy) is 2. The second kappa shape index (κ2) is 11.9. The monoisotopic (exact) mass is 578 g/mol. The van der Waals surface area contributed by atoms with Gasteiger partial charge in [0.1, 0.15) is 28.6 Å². The molecule has 36 heavy (non-hydrogen) atoms. The number of para-hydroxylation sites is 1. The number of sulfonamides is 1. The molecule has 0 spiro atoms. The van der Waals surface area contributed by atoms with Crippen molar-refractivity contribution in [3.05, 3.63) is 64.9 Å². The number of anilines is 1. The molecule has 1 aromatic carbocycles. The molecule has 10 nitrogen and oxygen atoms in total. The molecule has 0 fully saturated rings. The zero-order valence-corrected chi connectivity index (χ0v) is 23.4. The fraction of sp³-hybridized carbons (Fsp3) is 0.417. The second-order valence-corrected chi connectivity index (χ2v) is 11.4. The molecule has 0 aliphatic heterocycles. The number of rotatable bonds is 12. The SMILES string of the molecule is C=CCCc1nnc(NS(=O)(=O)[C@@H](C)[C@@H](OC(C)C)c2ncc(C)cn2)n1-c1c(Br)cccc1OC. The summed E-state index contributed by atoms with van der Waals surface area (Å²) in [7, 11) is -2.50. The van der Waals surface area contributed by atoms with Gasteiger partial charge in [-0.1, -0.05) is 12.1 Å². The Hall–Kier alpha value is -2.83. The summed E-state index contributed by atoms with van der Waals surface area (Å²) in [6.07, 6.45) is 4.99. The Morgan fingerprint density at radius 3 is 2.50 bits per heavy atom. The molecule has 3 rings (SSSR count). The van der Waals surface area contributed by atoms with Gasteiger partial charge >= 0.3 is 0 Å². The summed E-state index contributed by atoms with van der Waals surface area (Å²) in [5, 5.41) is 7.38. The first-order chi connectivity index (χ1) is 17.1. The smallest absolute Gasteiger partial charge is 0.243 e. The molecule has 2 aromatic heterocycles. The zero-order chi connectivity index (χ0) is 26.5. The van der Waals surface area contributed by atoms with Gasteiger partial charge in [-0.3, -0.25) is 9.29 Å². The Kier molecular flexibility index (Phi) is 9.20. The zero-order valence-electron chi connectivity index (χ0n) is 21.0. The molecular formula is C24H31BrN6O4S. The molecule has 0 bridgehead atoms. The van der Waals surface area contributed by atoms with E-state index < -0.39 is 21.4 Å². The van der Waals surface area contributed by atoms with Crippen molar-refractivity contribution in [2.24, 2.45) is 0 Å². The highest BCUT2D eigenvalue weighted by atomic mass is 79.9. The van der Waals surface area contributed by atoms with Gasteiger partial charge in [0, 0.05) is 23.3 Å². The first-order valence-corrected chi connectivity index (χ1v) is 13.8. The molecule has 0 aliphatic carbocycles. The molecule has 0 saturated heterocycles. The highest BCUT2D eigenvalue weighted by molar-refractivity contribution is 9.10. The maximum atomic E-state index is 13.6. The topological polar surface area (TPSA) is 121 Å². The lowest BCUT2D eigenvalue weighted by Crippen LogP contribution is -2.35. The molecule has 0 aliphatic rings. The molecule has 1 N–H and O–H groups in total. The lowest BCUT2D eigenvalue weighted by Gasteiger charge is -2.25. The van der Waals surface area contributed by atoms with E-state index in [9.17, 15) is 8.42 Å². The van der Waals surface area contributed by atoms with Crippen LogP contribution in [0.5, 0.6) is 5.75 Å². The number of benzene rings is 1. The largest absolute Gasteiger partial charge is 0.495 e. The average Bonchev–Trinajstić information content (AvgIpc) is 3.22. The number of methoxy groups -OCH3 is 1. The van der Waals surface area contributed by atoms with Crippen molar-refractivity contribution in [1.82, 2.24) is 24.7 Å². The van der Waals surface area contributed by atoms with Crippen LogP contribution in [0.4, 0.5) is 5.95 Å². The Bertz CT molecular complexity index is 1290. The van der Waals surface area contributed by atoms with Crippen LogP contribution in [0.15, 0.2) is 47.7 Å². The van der Waals surface area contributed by atoms with E-state index >= 15 is 0 Å². The molecule has 2 heterocycles. The van der Waals surface area contributed by atoms with Crippen LogP contribution in [0.25, 0.3) is 5.69 Å². The van der Waals surface area contributed by atoms with Crippen molar-refractivity contribution in [3.63, 3.8) is 0 Å². The van der Waals surface area contributed by atoms with Crippen LogP contribution < -0.4 is 9.46 Å². The Balaban J connectivity index is 2.06. The Labute approximate surface area is 220 Å². The number of hydrogen-bond acceptors (Lipinski definition) is 8. The van der Waals surface area contributed by atoms with Gasteiger partial charge in [-0.25, -0.2) is 18.4 Å². The number of aryl methyl sites for hydroxylation is 2. The first kappa shape index (κ1) is 27.8. The van der Waals surface area contributed by atoms with Crippen molar-refractivity contribution in [1.29, 1.82) is 0 Å². The van der Waals surface area contributed by atoms with Crippen LogP contribution in [0, 0.1) is 6.92 Å². The predicted octanol–water partition coefficient (Wildman–Crippen LogP) is 4.55. The standard InChI is InChI=1S/C24H31BrN6O4S/c1-7-8-12-20-28-29-24(31(20)21-18(25)10-9-11-19(21)34-6)30-36(32,33)17(5)22(35-15(2)3)23-26-13-16(4)14-27-23/h7,9-11,13-15,17,22H,1,8,12H2,2-6H3,(H,29,30)/t17-,22+/m0/s1. The number of halogens is 1. The van der Waals surface area contributed by atoms with Gasteiger partial charge in [0.15, 0.2) is 5.82 Å². The van der Waals surface area contributed by atoms with Crippen molar-refractivity contribution in [2.45, 2.75) is 58.0 Å². The third-order valence-corrected chi connectivity index (χ3v) is 7.65. The molecule has 0 radical (unpaired) electrons. The van der Waals surface area contributed by atoms with E-state index in [2.05, 4.69) is 47.4 Å². The number of aromatic nitrogens is 5. The summed E-state index contributed by atoms with van der Waals surface area (Å²) in [4.78, 5) is 8.63. The minimum Gasteiger partial charge on any atom is -0.495 e. The van der Waals surface area contributed by atoms with Crippen molar-refractivity contribution < 1.29 is 17.9 Å². The molecular weight excluding hydrogens is 548 g/mol. The summed E-state index contributed by atoms with van der Waals surface area (Å²) in [6.45, 7) is 10.8. The summed E-state index contributed by atoms with van der Waals surface area (Å²) in [5.41, 5.74) is 1.43. The Morgan fingerprint density at radius 2 is 1.89 bits per heavy atom. The highest BCUT2D eigenvalue weighted by Crippen LogP contribution is 2.35. The Morgan fingerprint density at radius 1 is 1.19 bits per heavy atom. The minimum atomic E-state index is -4.04. The van der Waals surface area contributed by atoms with Crippen LogP contribution in [0.2, 0.25) is 0 Å². The molecule has 3 aromatic rings. The van der Waals surface area contributed by atoms with Gasteiger partial charge in [0.05, 0.1) is 13.2 Å². The predicted molar refractivity (Wildman–Crippen MR) is 142 cm³/mol. The van der Waals surface area contributed by atoms with Crippen LogP contribution >= 0.6 is 15.9 Å². The molecule has 194 valence electrons. The van der Waals surface area contributed by atoms with E-state index in [4.69, 9.17) is 9.47 Å². The molecule has 0 amide bonds. The van der Waals surface area contributed by atoms with E-state index in [1.54, 1.807) is 43.1 Å². The van der Waals surface area contributed by atoms with E-state index in [0.717, 1.165) is 5.56 Å². The number of nitrogens with one attached hydrogen (secondary N) is 1. The van der Waals surface area contributed by atoms with Crippen LogP contribution in [0.3, 0.4) is 0 Å². The molecule has 0 saturated carbocycles. The normalized spacial score (nSPS) is 13.4. The molecule has 2 atom stereocenters.